The molecule has 0 radical (unpaired) electrons. The molecule has 1 aromatic carbocycles. The number of hydrogen-bond donors (Lipinski definition) is 1. The molecule has 0 spiro atoms. The van der Waals surface area contributed by atoms with E-state index in [0.717, 1.165) is 23.7 Å². The number of nitrogens with zero attached hydrogens (tertiary/aromatic N) is 1. The van der Waals surface area contributed by atoms with Crippen molar-refractivity contribution in [3.63, 3.8) is 0 Å². The Morgan fingerprint density at radius 2 is 2.07 bits per heavy atom. The number of aldehydes is 1. The maximum Gasteiger partial charge on any atom is 0.495 e. The molecule has 2 aliphatic rings. The van der Waals surface area contributed by atoms with Crippen LogP contribution in [0.1, 0.15) is 62.9 Å². The minimum Gasteiger partial charge on any atom is -0.399 e. The molecule has 156 valence electrons. The Morgan fingerprint density at radius 3 is 2.66 bits per heavy atom. The molecule has 0 saturated carbocycles. The van der Waals surface area contributed by atoms with Crippen LogP contribution in [-0.4, -0.2) is 54.4 Å². The Labute approximate surface area is 172 Å². The summed E-state index contributed by atoms with van der Waals surface area (Å²) >= 11 is 0. The maximum atomic E-state index is 13.0. The molecule has 7 nitrogen and oxygen atoms in total. The molecule has 3 rings (SSSR count). The third-order valence-electron chi connectivity index (χ3n) is 6.51. The van der Waals surface area contributed by atoms with E-state index in [1.165, 1.54) is 4.90 Å². The highest BCUT2D eigenvalue weighted by atomic mass is 16.7. The molecule has 0 bridgehead atoms. The van der Waals surface area contributed by atoms with Crippen molar-refractivity contribution in [1.82, 2.24) is 10.2 Å². The van der Waals surface area contributed by atoms with Crippen LogP contribution < -0.4 is 10.8 Å². The summed E-state index contributed by atoms with van der Waals surface area (Å²) in [5.41, 5.74) is 1.28. The Balaban J connectivity index is 1.86. The minimum absolute atomic E-state index is 0.157. The van der Waals surface area contributed by atoms with Crippen molar-refractivity contribution in [2.75, 3.05) is 7.05 Å². The zero-order valence-electron chi connectivity index (χ0n) is 17.8. The van der Waals surface area contributed by atoms with E-state index in [4.69, 9.17) is 9.31 Å². The molecule has 2 heterocycles. The van der Waals surface area contributed by atoms with Crippen LogP contribution in [0.3, 0.4) is 0 Å². The van der Waals surface area contributed by atoms with Gasteiger partial charge in [-0.3, -0.25) is 9.59 Å². The second-order valence-corrected chi connectivity index (χ2v) is 8.38. The van der Waals surface area contributed by atoms with Crippen LogP contribution >= 0.6 is 0 Å². The molecule has 2 unspecified atom stereocenters. The van der Waals surface area contributed by atoms with Crippen molar-refractivity contribution in [3.8, 4) is 0 Å². The maximum absolute atomic E-state index is 13.0. The fraction of sp³-hybridized carbons (Fsp3) is 0.571. The van der Waals surface area contributed by atoms with E-state index in [9.17, 15) is 14.4 Å². The van der Waals surface area contributed by atoms with Crippen LogP contribution in [0.2, 0.25) is 0 Å². The van der Waals surface area contributed by atoms with E-state index >= 15 is 0 Å². The molecule has 0 aliphatic carbocycles. The molecule has 1 saturated heterocycles. The van der Waals surface area contributed by atoms with Gasteiger partial charge >= 0.3 is 7.12 Å². The van der Waals surface area contributed by atoms with Gasteiger partial charge in [-0.25, -0.2) is 0 Å². The smallest absolute Gasteiger partial charge is 0.399 e. The molecular weight excluding hydrogens is 371 g/mol. The van der Waals surface area contributed by atoms with Gasteiger partial charge in [0, 0.05) is 25.6 Å². The number of hydrogen-bond acceptors (Lipinski definition) is 5. The minimum atomic E-state index is -0.650. The second-order valence-electron chi connectivity index (χ2n) is 8.38. The summed E-state index contributed by atoms with van der Waals surface area (Å²) in [5.74, 6) is -0.359. The zero-order chi connectivity index (χ0) is 21.4. The van der Waals surface area contributed by atoms with Crippen LogP contribution in [0.15, 0.2) is 18.2 Å². The van der Waals surface area contributed by atoms with Crippen LogP contribution in [-0.2, 0) is 25.4 Å². The van der Waals surface area contributed by atoms with Gasteiger partial charge in [-0.2, -0.15) is 0 Å². The van der Waals surface area contributed by atoms with Gasteiger partial charge in [-0.1, -0.05) is 19.1 Å². The fourth-order valence-corrected chi connectivity index (χ4v) is 4.00. The van der Waals surface area contributed by atoms with Crippen molar-refractivity contribution >= 4 is 30.7 Å². The number of carbonyl (C=O) groups excluding carboxylic acids is 3. The molecular formula is C21H29BN2O5. The lowest BCUT2D eigenvalue weighted by Crippen LogP contribution is -2.44. The zero-order valence-corrected chi connectivity index (χ0v) is 17.8. The summed E-state index contributed by atoms with van der Waals surface area (Å²) in [7, 11) is 0.979. The molecule has 2 aliphatic heterocycles. The van der Waals surface area contributed by atoms with E-state index in [2.05, 4.69) is 12.2 Å². The molecule has 2 amide bonds. The van der Waals surface area contributed by atoms with Gasteiger partial charge < -0.3 is 24.3 Å². The number of amides is 2. The molecule has 1 aromatic rings. The van der Waals surface area contributed by atoms with E-state index in [1.807, 2.05) is 32.9 Å². The summed E-state index contributed by atoms with van der Waals surface area (Å²) in [6.07, 6.45) is 2.01. The van der Waals surface area contributed by atoms with Crippen molar-refractivity contribution in [3.05, 3.63) is 29.3 Å². The normalized spacial score (nSPS) is 23.8. The van der Waals surface area contributed by atoms with E-state index in [1.54, 1.807) is 13.1 Å². The van der Waals surface area contributed by atoms with Crippen molar-refractivity contribution < 1.29 is 23.7 Å². The number of carbonyl (C=O) groups is 3. The first-order valence-corrected chi connectivity index (χ1v) is 10.1. The number of rotatable bonds is 7. The van der Waals surface area contributed by atoms with Crippen molar-refractivity contribution in [2.24, 2.45) is 0 Å². The highest BCUT2D eigenvalue weighted by molar-refractivity contribution is 6.63. The fourth-order valence-electron chi connectivity index (χ4n) is 4.00. The Hall–Kier alpha value is -2.19. The van der Waals surface area contributed by atoms with E-state index in [-0.39, 0.29) is 24.7 Å². The second kappa shape index (κ2) is 7.92. The van der Waals surface area contributed by atoms with Crippen LogP contribution in [0, 0.1) is 0 Å². The van der Waals surface area contributed by atoms with E-state index in [0.29, 0.717) is 12.1 Å². The highest BCUT2D eigenvalue weighted by Gasteiger charge is 2.54. The Bertz CT molecular complexity index is 827. The highest BCUT2D eigenvalue weighted by Crippen LogP contribution is 2.40. The van der Waals surface area contributed by atoms with Gasteiger partial charge in [0.15, 0.2) is 0 Å². The summed E-state index contributed by atoms with van der Waals surface area (Å²) in [6, 6.07) is 4.85. The third kappa shape index (κ3) is 3.71. The Kier molecular flexibility index (Phi) is 5.87. The first-order chi connectivity index (χ1) is 13.7. The largest absolute Gasteiger partial charge is 0.495 e. The lowest BCUT2D eigenvalue weighted by Gasteiger charge is -2.35. The quantitative estimate of drug-likeness (QED) is 0.553. The lowest BCUT2D eigenvalue weighted by molar-refractivity contribution is -0.121. The molecule has 1 N–H and O–H groups in total. The topological polar surface area (TPSA) is 84.9 Å². The number of nitrogens with one attached hydrogen (secondary N) is 1. The molecule has 29 heavy (non-hydrogen) atoms. The van der Waals surface area contributed by atoms with Gasteiger partial charge in [-0.05, 0) is 50.7 Å². The predicted molar refractivity (Wildman–Crippen MR) is 110 cm³/mol. The van der Waals surface area contributed by atoms with Crippen LogP contribution in [0.5, 0.6) is 0 Å². The van der Waals surface area contributed by atoms with Gasteiger partial charge in [0.1, 0.15) is 6.29 Å². The molecule has 0 aromatic heterocycles. The first kappa shape index (κ1) is 21.5. The monoisotopic (exact) mass is 400 g/mol. The van der Waals surface area contributed by atoms with Gasteiger partial charge in [0.2, 0.25) is 5.91 Å². The predicted octanol–water partition coefficient (Wildman–Crippen LogP) is 1.43. The average molecular weight is 400 g/mol. The van der Waals surface area contributed by atoms with Crippen LogP contribution in [0.25, 0.3) is 0 Å². The lowest BCUT2D eigenvalue weighted by atomic mass is 9.75. The third-order valence-corrected chi connectivity index (χ3v) is 6.51. The van der Waals surface area contributed by atoms with Gasteiger partial charge in [-0.15, -0.1) is 0 Å². The molecule has 8 heteroatoms. The van der Waals surface area contributed by atoms with Crippen LogP contribution in [0.4, 0.5) is 0 Å². The van der Waals surface area contributed by atoms with Gasteiger partial charge in [0.05, 0.1) is 17.2 Å². The molecule has 1 fully saturated rings. The first-order valence-electron chi connectivity index (χ1n) is 10.1. The standard InChI is InChI=1S/C21H29BN2O5/c1-6-21(4)20(2,3)28-22(29-21)17-9-7-8-15-16(17)12-24(19(15)27)14(13-25)10-11-18(26)23-5/h7-9,13-14H,6,10-12H2,1-5H3,(H,23,26). The molecule has 2 atom stereocenters. The Morgan fingerprint density at radius 1 is 1.34 bits per heavy atom. The van der Waals surface area contributed by atoms with Gasteiger partial charge in [0.25, 0.3) is 5.91 Å². The SMILES string of the molecule is CCC1(C)OB(c2cccc3c2CN(C(C=O)CCC(=O)NC)C3=O)OC1(C)C. The summed E-state index contributed by atoms with van der Waals surface area (Å²) in [5, 5.41) is 2.54. The summed E-state index contributed by atoms with van der Waals surface area (Å²) in [6.45, 7) is 8.43. The summed E-state index contributed by atoms with van der Waals surface area (Å²) < 4.78 is 12.5. The number of benzene rings is 1. The van der Waals surface area contributed by atoms with E-state index < -0.39 is 24.4 Å². The summed E-state index contributed by atoms with van der Waals surface area (Å²) in [4.78, 5) is 37.7. The van der Waals surface area contributed by atoms with Crippen molar-refractivity contribution in [2.45, 2.75) is 70.7 Å². The van der Waals surface area contributed by atoms with Crippen molar-refractivity contribution in [1.29, 1.82) is 0 Å². The number of fused-ring (bicyclic) bond motifs is 1. The average Bonchev–Trinajstić information content (AvgIpc) is 3.16.